The molecule has 0 spiro atoms. The molecule has 0 saturated carbocycles. The third-order valence-electron chi connectivity index (χ3n) is 2.33. The molecule has 0 aromatic carbocycles. The summed E-state index contributed by atoms with van der Waals surface area (Å²) in [4.78, 5) is 13.0. The first-order valence-corrected chi connectivity index (χ1v) is 6.36. The predicted octanol–water partition coefficient (Wildman–Crippen LogP) is 1.09. The van der Waals surface area contributed by atoms with Gasteiger partial charge in [0.2, 0.25) is 17.8 Å². The van der Waals surface area contributed by atoms with E-state index >= 15 is 0 Å². The average molecular weight is 253 g/mol. The van der Waals surface area contributed by atoms with Gasteiger partial charge < -0.3 is 10.6 Å². The van der Waals surface area contributed by atoms with Crippen LogP contribution in [0.25, 0.3) is 0 Å². The fourth-order valence-electron chi connectivity index (χ4n) is 1.25. The summed E-state index contributed by atoms with van der Waals surface area (Å²) in [6.07, 6.45) is 2.06. The normalized spacial score (nSPS) is 10.2. The SMILES string of the molecule is CCCNc1nc(NCCC)nc(N(C)NC)n1. The third kappa shape index (κ3) is 4.33. The highest BCUT2D eigenvalue weighted by Gasteiger charge is 2.08. The molecular weight excluding hydrogens is 230 g/mol. The molecule has 0 bridgehead atoms. The van der Waals surface area contributed by atoms with Gasteiger partial charge in [-0.1, -0.05) is 13.8 Å². The molecule has 7 nitrogen and oxygen atoms in total. The number of nitrogens with one attached hydrogen (secondary N) is 3. The zero-order chi connectivity index (χ0) is 13.4. The fraction of sp³-hybridized carbons (Fsp3) is 0.727. The number of anilines is 3. The van der Waals surface area contributed by atoms with Gasteiger partial charge in [-0.2, -0.15) is 15.0 Å². The summed E-state index contributed by atoms with van der Waals surface area (Å²) in [6.45, 7) is 5.90. The van der Waals surface area contributed by atoms with Gasteiger partial charge in [0.15, 0.2) is 0 Å². The van der Waals surface area contributed by atoms with Crippen molar-refractivity contribution in [3.05, 3.63) is 0 Å². The quantitative estimate of drug-likeness (QED) is 0.598. The van der Waals surface area contributed by atoms with Gasteiger partial charge in [-0.3, -0.25) is 5.01 Å². The Kier molecular flexibility index (Phi) is 6.13. The molecule has 102 valence electrons. The van der Waals surface area contributed by atoms with E-state index in [4.69, 9.17) is 0 Å². The smallest absolute Gasteiger partial charge is 0.246 e. The van der Waals surface area contributed by atoms with Crippen LogP contribution in [0.15, 0.2) is 0 Å². The van der Waals surface area contributed by atoms with E-state index in [1.165, 1.54) is 0 Å². The molecule has 0 unspecified atom stereocenters. The average Bonchev–Trinajstić information content (AvgIpc) is 2.41. The Hall–Kier alpha value is -1.63. The lowest BCUT2D eigenvalue weighted by Gasteiger charge is -2.17. The number of hydrogen-bond donors (Lipinski definition) is 3. The van der Waals surface area contributed by atoms with Crippen LogP contribution in [0.2, 0.25) is 0 Å². The Morgan fingerprint density at radius 3 is 1.83 bits per heavy atom. The van der Waals surface area contributed by atoms with Crippen LogP contribution < -0.4 is 21.1 Å². The summed E-state index contributed by atoms with van der Waals surface area (Å²) in [5.41, 5.74) is 2.97. The molecular formula is C11H23N7. The van der Waals surface area contributed by atoms with Crippen molar-refractivity contribution in [2.24, 2.45) is 0 Å². The first kappa shape index (κ1) is 14.4. The Morgan fingerprint density at radius 1 is 0.944 bits per heavy atom. The highest BCUT2D eigenvalue weighted by Crippen LogP contribution is 2.11. The number of nitrogens with zero attached hydrogens (tertiary/aromatic N) is 4. The molecule has 0 fully saturated rings. The van der Waals surface area contributed by atoms with E-state index in [-0.39, 0.29) is 0 Å². The summed E-state index contributed by atoms with van der Waals surface area (Å²) in [5, 5.41) is 8.09. The second kappa shape index (κ2) is 7.65. The second-order valence-electron chi connectivity index (χ2n) is 3.92. The van der Waals surface area contributed by atoms with Crippen molar-refractivity contribution in [3.63, 3.8) is 0 Å². The highest BCUT2D eigenvalue weighted by molar-refractivity contribution is 5.42. The van der Waals surface area contributed by atoms with Crippen molar-refractivity contribution in [2.75, 3.05) is 42.8 Å². The molecule has 0 aliphatic rings. The number of aromatic nitrogens is 3. The minimum atomic E-state index is 0.588. The Bertz CT molecular complexity index is 329. The van der Waals surface area contributed by atoms with Crippen LogP contribution in [0.1, 0.15) is 26.7 Å². The molecule has 0 aliphatic carbocycles. The molecule has 0 atom stereocenters. The zero-order valence-electron chi connectivity index (χ0n) is 11.6. The lowest BCUT2D eigenvalue weighted by Crippen LogP contribution is -2.32. The van der Waals surface area contributed by atoms with E-state index in [0.29, 0.717) is 17.8 Å². The lowest BCUT2D eigenvalue weighted by atomic mass is 10.5. The molecule has 18 heavy (non-hydrogen) atoms. The standard InChI is InChI=1S/C11H23N7/c1-5-7-13-9-15-10(14-8-6-2)17-11(16-9)18(4)12-3/h12H,5-8H2,1-4H3,(H2,13,14,15,16,17). The minimum Gasteiger partial charge on any atom is -0.354 e. The van der Waals surface area contributed by atoms with Crippen LogP contribution in [-0.2, 0) is 0 Å². The van der Waals surface area contributed by atoms with E-state index in [0.717, 1.165) is 25.9 Å². The van der Waals surface area contributed by atoms with Crippen molar-refractivity contribution < 1.29 is 0 Å². The maximum absolute atomic E-state index is 4.34. The van der Waals surface area contributed by atoms with Gasteiger partial charge in [0.25, 0.3) is 0 Å². The molecule has 0 aliphatic heterocycles. The molecule has 0 amide bonds. The minimum absolute atomic E-state index is 0.588. The van der Waals surface area contributed by atoms with Gasteiger partial charge in [0, 0.05) is 27.2 Å². The molecule has 7 heteroatoms. The summed E-state index contributed by atoms with van der Waals surface area (Å²) in [6, 6.07) is 0. The van der Waals surface area contributed by atoms with Gasteiger partial charge in [0.1, 0.15) is 0 Å². The monoisotopic (exact) mass is 253 g/mol. The summed E-state index contributed by atoms with van der Waals surface area (Å²) in [7, 11) is 3.69. The Labute approximate surface area is 108 Å². The highest BCUT2D eigenvalue weighted by atomic mass is 15.5. The van der Waals surface area contributed by atoms with Crippen LogP contribution in [0.5, 0.6) is 0 Å². The van der Waals surface area contributed by atoms with Crippen molar-refractivity contribution in [2.45, 2.75) is 26.7 Å². The van der Waals surface area contributed by atoms with Crippen molar-refractivity contribution in [1.29, 1.82) is 0 Å². The predicted molar refractivity (Wildman–Crippen MR) is 74.9 cm³/mol. The van der Waals surface area contributed by atoms with Gasteiger partial charge >= 0.3 is 0 Å². The Morgan fingerprint density at radius 2 is 1.44 bits per heavy atom. The summed E-state index contributed by atoms with van der Waals surface area (Å²) >= 11 is 0. The van der Waals surface area contributed by atoms with Gasteiger partial charge in [-0.15, -0.1) is 0 Å². The van der Waals surface area contributed by atoms with Crippen molar-refractivity contribution in [1.82, 2.24) is 20.4 Å². The van der Waals surface area contributed by atoms with E-state index in [1.54, 1.807) is 5.01 Å². The van der Waals surface area contributed by atoms with Gasteiger partial charge in [-0.05, 0) is 12.8 Å². The number of hydrazine groups is 1. The fourth-order valence-corrected chi connectivity index (χ4v) is 1.25. The number of hydrogen-bond acceptors (Lipinski definition) is 7. The number of rotatable bonds is 8. The van der Waals surface area contributed by atoms with Crippen LogP contribution >= 0.6 is 0 Å². The molecule has 1 heterocycles. The summed E-state index contributed by atoms with van der Waals surface area (Å²) in [5.74, 6) is 1.79. The molecule has 0 saturated heterocycles. The Balaban J connectivity index is 2.88. The third-order valence-corrected chi connectivity index (χ3v) is 2.33. The van der Waals surface area contributed by atoms with Gasteiger partial charge in [0.05, 0.1) is 0 Å². The molecule has 0 radical (unpaired) electrons. The topological polar surface area (TPSA) is 78.0 Å². The van der Waals surface area contributed by atoms with Crippen molar-refractivity contribution in [3.8, 4) is 0 Å². The van der Waals surface area contributed by atoms with E-state index in [1.807, 2.05) is 14.1 Å². The van der Waals surface area contributed by atoms with E-state index in [2.05, 4.69) is 44.9 Å². The van der Waals surface area contributed by atoms with E-state index in [9.17, 15) is 0 Å². The summed E-state index contributed by atoms with van der Waals surface area (Å²) < 4.78 is 0. The van der Waals surface area contributed by atoms with Crippen LogP contribution in [0.4, 0.5) is 17.8 Å². The van der Waals surface area contributed by atoms with Crippen molar-refractivity contribution >= 4 is 17.8 Å². The maximum atomic E-state index is 4.34. The second-order valence-corrected chi connectivity index (χ2v) is 3.92. The van der Waals surface area contributed by atoms with E-state index < -0.39 is 0 Å². The van der Waals surface area contributed by atoms with Crippen LogP contribution in [-0.4, -0.2) is 42.1 Å². The van der Waals surface area contributed by atoms with Crippen LogP contribution in [0.3, 0.4) is 0 Å². The molecule has 1 aromatic rings. The van der Waals surface area contributed by atoms with Gasteiger partial charge in [-0.25, -0.2) is 5.43 Å². The molecule has 3 N–H and O–H groups in total. The zero-order valence-corrected chi connectivity index (χ0v) is 11.6. The molecule has 1 rings (SSSR count). The largest absolute Gasteiger partial charge is 0.354 e. The lowest BCUT2D eigenvalue weighted by molar-refractivity contribution is 0.751. The maximum Gasteiger partial charge on any atom is 0.246 e. The first-order valence-electron chi connectivity index (χ1n) is 6.36. The first-order chi connectivity index (χ1) is 8.71. The van der Waals surface area contributed by atoms with Crippen LogP contribution in [0, 0.1) is 0 Å². The molecule has 1 aromatic heterocycles.